The van der Waals surface area contributed by atoms with E-state index in [1.807, 2.05) is 6.92 Å². The summed E-state index contributed by atoms with van der Waals surface area (Å²) in [5, 5.41) is 5.78. The quantitative estimate of drug-likeness (QED) is 0.830. The van der Waals surface area contributed by atoms with E-state index in [1.165, 1.54) is 30.0 Å². The Balaban J connectivity index is 1.37. The van der Waals surface area contributed by atoms with Gasteiger partial charge in [-0.1, -0.05) is 18.2 Å². The Hall–Kier alpha value is -2.63. The summed E-state index contributed by atoms with van der Waals surface area (Å²) in [5.41, 5.74) is 4.28. The van der Waals surface area contributed by atoms with Crippen molar-refractivity contribution in [1.82, 2.24) is 10.6 Å². The van der Waals surface area contributed by atoms with E-state index in [9.17, 15) is 13.6 Å². The number of rotatable bonds is 3. The second kappa shape index (κ2) is 7.78. The number of hydrogen-bond donors (Lipinski definition) is 2. The number of carbonyl (C=O) groups excluding carboxylic acids is 1. The summed E-state index contributed by atoms with van der Waals surface area (Å²) in [6, 6.07) is 7.67. The molecule has 1 unspecified atom stereocenters. The summed E-state index contributed by atoms with van der Waals surface area (Å²) in [7, 11) is 0. The molecule has 6 heteroatoms. The zero-order chi connectivity index (χ0) is 19.7. The molecule has 0 fully saturated rings. The molecule has 2 atom stereocenters. The van der Waals surface area contributed by atoms with E-state index in [0.29, 0.717) is 12.0 Å². The van der Waals surface area contributed by atoms with Crippen LogP contribution in [0.1, 0.15) is 48.1 Å². The fourth-order valence-corrected chi connectivity index (χ4v) is 4.06. The highest BCUT2D eigenvalue weighted by Gasteiger charge is 2.25. The highest BCUT2D eigenvalue weighted by Crippen LogP contribution is 2.29. The minimum absolute atomic E-state index is 0.0716. The zero-order valence-corrected chi connectivity index (χ0v) is 15.9. The molecule has 28 heavy (non-hydrogen) atoms. The van der Waals surface area contributed by atoms with E-state index in [0.717, 1.165) is 24.5 Å². The normalized spacial score (nSPS) is 19.0. The molecule has 0 saturated carbocycles. The molecule has 0 bridgehead atoms. The van der Waals surface area contributed by atoms with Crippen LogP contribution in [0.5, 0.6) is 5.75 Å². The van der Waals surface area contributed by atoms with E-state index in [2.05, 4.69) is 28.8 Å². The maximum absolute atomic E-state index is 13.7. The lowest BCUT2D eigenvalue weighted by molar-refractivity contribution is 0.208. The Bertz CT molecular complexity index is 900. The Kier molecular flexibility index (Phi) is 5.20. The van der Waals surface area contributed by atoms with E-state index >= 15 is 0 Å². The summed E-state index contributed by atoms with van der Waals surface area (Å²) >= 11 is 0. The number of nitrogens with one attached hydrogen (secondary N) is 2. The largest absolute Gasteiger partial charge is 0.488 e. The van der Waals surface area contributed by atoms with Gasteiger partial charge in [-0.05, 0) is 61.8 Å². The SMILES string of the molecule is C[C@@H](NC(=O)NC1COc2c(F)cc(F)cc2C1)c1ccc2c(c1)CCCC2. The molecule has 2 amide bonds. The topological polar surface area (TPSA) is 50.4 Å². The third-order valence-electron chi connectivity index (χ3n) is 5.54. The molecule has 2 aliphatic rings. The van der Waals surface area contributed by atoms with E-state index in [-0.39, 0.29) is 30.5 Å². The second-order valence-electron chi connectivity index (χ2n) is 7.66. The van der Waals surface area contributed by atoms with Crippen molar-refractivity contribution in [3.8, 4) is 5.75 Å². The lowest BCUT2D eigenvalue weighted by Gasteiger charge is -2.27. The van der Waals surface area contributed by atoms with Crippen LogP contribution in [0.3, 0.4) is 0 Å². The van der Waals surface area contributed by atoms with Gasteiger partial charge in [0.25, 0.3) is 0 Å². The number of aryl methyl sites for hydroxylation is 2. The smallest absolute Gasteiger partial charge is 0.315 e. The van der Waals surface area contributed by atoms with E-state index in [1.54, 1.807) is 0 Å². The van der Waals surface area contributed by atoms with Crippen LogP contribution in [0.15, 0.2) is 30.3 Å². The Morgan fingerprint density at radius 3 is 2.71 bits per heavy atom. The van der Waals surface area contributed by atoms with Crippen LogP contribution in [0, 0.1) is 11.6 Å². The third-order valence-corrected chi connectivity index (χ3v) is 5.54. The van der Waals surface area contributed by atoms with Gasteiger partial charge in [0, 0.05) is 11.6 Å². The number of urea groups is 1. The number of amides is 2. The van der Waals surface area contributed by atoms with Crippen LogP contribution >= 0.6 is 0 Å². The van der Waals surface area contributed by atoms with E-state index in [4.69, 9.17) is 4.74 Å². The molecule has 2 N–H and O–H groups in total. The molecule has 0 aromatic heterocycles. The Morgan fingerprint density at radius 2 is 1.89 bits per heavy atom. The van der Waals surface area contributed by atoms with Gasteiger partial charge >= 0.3 is 6.03 Å². The first-order chi connectivity index (χ1) is 13.5. The fourth-order valence-electron chi connectivity index (χ4n) is 4.06. The van der Waals surface area contributed by atoms with Crippen molar-refractivity contribution in [3.05, 3.63) is 64.2 Å². The van der Waals surface area contributed by atoms with Crippen molar-refractivity contribution < 1.29 is 18.3 Å². The Labute approximate surface area is 163 Å². The highest BCUT2D eigenvalue weighted by atomic mass is 19.1. The van der Waals surface area contributed by atoms with Crippen LogP contribution in [-0.4, -0.2) is 18.7 Å². The van der Waals surface area contributed by atoms with Gasteiger partial charge in [0.05, 0.1) is 12.1 Å². The zero-order valence-electron chi connectivity index (χ0n) is 15.9. The molecule has 1 aliphatic carbocycles. The number of fused-ring (bicyclic) bond motifs is 2. The number of benzene rings is 2. The molecule has 4 rings (SSSR count). The monoisotopic (exact) mass is 386 g/mol. The van der Waals surface area contributed by atoms with Gasteiger partial charge in [0.2, 0.25) is 0 Å². The number of hydrogen-bond acceptors (Lipinski definition) is 2. The molecule has 1 aliphatic heterocycles. The molecular formula is C22H24F2N2O2. The lowest BCUT2D eigenvalue weighted by Crippen LogP contribution is -2.47. The highest BCUT2D eigenvalue weighted by molar-refractivity contribution is 5.75. The van der Waals surface area contributed by atoms with Gasteiger partial charge in [-0.25, -0.2) is 13.6 Å². The second-order valence-corrected chi connectivity index (χ2v) is 7.66. The van der Waals surface area contributed by atoms with Crippen molar-refractivity contribution >= 4 is 6.03 Å². The molecule has 1 heterocycles. The molecular weight excluding hydrogens is 362 g/mol. The summed E-state index contributed by atoms with van der Waals surface area (Å²) in [4.78, 5) is 12.4. The van der Waals surface area contributed by atoms with Gasteiger partial charge in [0.1, 0.15) is 12.4 Å². The summed E-state index contributed by atoms with van der Waals surface area (Å²) in [6.07, 6.45) is 4.99. The van der Waals surface area contributed by atoms with Crippen LogP contribution in [0.25, 0.3) is 0 Å². The van der Waals surface area contributed by atoms with Gasteiger partial charge in [-0.15, -0.1) is 0 Å². The van der Waals surface area contributed by atoms with Gasteiger partial charge in [-0.3, -0.25) is 0 Å². The first-order valence-electron chi connectivity index (χ1n) is 9.79. The summed E-state index contributed by atoms with van der Waals surface area (Å²) in [5.74, 6) is -1.28. The average Bonchev–Trinajstić information content (AvgIpc) is 2.67. The van der Waals surface area contributed by atoms with Crippen molar-refractivity contribution in [2.24, 2.45) is 0 Å². The summed E-state index contributed by atoms with van der Waals surface area (Å²) in [6.45, 7) is 2.09. The van der Waals surface area contributed by atoms with Gasteiger partial charge in [0.15, 0.2) is 11.6 Å². The standard InChI is InChI=1S/C22H24F2N2O2/c1-13(15-7-6-14-4-2-3-5-16(14)8-15)25-22(27)26-19-10-17-9-18(23)11-20(24)21(17)28-12-19/h6-9,11,13,19H,2-5,10,12H2,1H3,(H2,25,26,27)/t13-,19?/m1/s1. The first kappa shape index (κ1) is 18.7. The van der Waals surface area contributed by atoms with Crippen molar-refractivity contribution in [1.29, 1.82) is 0 Å². The minimum Gasteiger partial charge on any atom is -0.488 e. The third kappa shape index (κ3) is 3.96. The van der Waals surface area contributed by atoms with Crippen LogP contribution in [0.4, 0.5) is 13.6 Å². The van der Waals surface area contributed by atoms with Crippen LogP contribution in [0.2, 0.25) is 0 Å². The Morgan fingerprint density at radius 1 is 1.11 bits per heavy atom. The average molecular weight is 386 g/mol. The lowest BCUT2D eigenvalue weighted by atomic mass is 9.89. The first-order valence-corrected chi connectivity index (χ1v) is 9.79. The number of carbonyl (C=O) groups is 1. The summed E-state index contributed by atoms with van der Waals surface area (Å²) < 4.78 is 32.6. The molecule has 2 aromatic carbocycles. The fraction of sp³-hybridized carbons (Fsp3) is 0.409. The van der Waals surface area contributed by atoms with Gasteiger partial charge in [-0.2, -0.15) is 0 Å². The van der Waals surface area contributed by atoms with Crippen molar-refractivity contribution in [2.75, 3.05) is 6.61 Å². The molecule has 148 valence electrons. The molecule has 4 nitrogen and oxygen atoms in total. The van der Waals surface area contributed by atoms with Crippen molar-refractivity contribution in [3.63, 3.8) is 0 Å². The van der Waals surface area contributed by atoms with Crippen molar-refractivity contribution in [2.45, 2.75) is 51.1 Å². The van der Waals surface area contributed by atoms with Crippen LogP contribution < -0.4 is 15.4 Å². The molecule has 2 aromatic rings. The van der Waals surface area contributed by atoms with Gasteiger partial charge < -0.3 is 15.4 Å². The molecule has 0 spiro atoms. The molecule has 0 saturated heterocycles. The maximum atomic E-state index is 13.7. The minimum atomic E-state index is -0.709. The predicted molar refractivity (Wildman–Crippen MR) is 103 cm³/mol. The number of ether oxygens (including phenoxy) is 1. The maximum Gasteiger partial charge on any atom is 0.315 e. The predicted octanol–water partition coefficient (Wildman–Crippen LogP) is 4.21. The van der Waals surface area contributed by atoms with Crippen LogP contribution in [-0.2, 0) is 19.3 Å². The molecule has 0 radical (unpaired) electrons. The number of halogens is 2. The van der Waals surface area contributed by atoms with E-state index < -0.39 is 11.6 Å².